The maximum atomic E-state index is 11.7. The van der Waals surface area contributed by atoms with Crippen LogP contribution in [0.3, 0.4) is 0 Å². The minimum Gasteiger partial charge on any atom is -0.302 e. The summed E-state index contributed by atoms with van der Waals surface area (Å²) in [6, 6.07) is 7.61. The SMILES string of the molecule is Cc1csc(NC(=O)CCSc2ccc(Cl)cc2)n1. The third-order valence-corrected chi connectivity index (χ3v) is 4.42. The molecular weight excluding hydrogens is 300 g/mol. The molecule has 0 fully saturated rings. The van der Waals surface area contributed by atoms with Crippen molar-refractivity contribution in [2.75, 3.05) is 11.1 Å². The fourth-order valence-electron chi connectivity index (χ4n) is 1.39. The fraction of sp³-hybridized carbons (Fsp3) is 0.231. The summed E-state index contributed by atoms with van der Waals surface area (Å²) in [6.45, 7) is 1.91. The molecule has 2 aromatic rings. The molecule has 1 heterocycles. The maximum Gasteiger partial charge on any atom is 0.226 e. The number of anilines is 1. The minimum absolute atomic E-state index is 0.00388. The van der Waals surface area contributed by atoms with Gasteiger partial charge in [-0.3, -0.25) is 4.79 Å². The van der Waals surface area contributed by atoms with Crippen LogP contribution in [-0.4, -0.2) is 16.6 Å². The molecule has 0 radical (unpaired) electrons. The first-order chi connectivity index (χ1) is 9.13. The highest BCUT2D eigenvalue weighted by molar-refractivity contribution is 7.99. The summed E-state index contributed by atoms with van der Waals surface area (Å²) in [7, 11) is 0. The summed E-state index contributed by atoms with van der Waals surface area (Å²) in [5.41, 5.74) is 0.927. The number of amides is 1. The molecule has 2 rings (SSSR count). The Morgan fingerprint density at radius 3 is 2.79 bits per heavy atom. The standard InChI is InChI=1S/C13H13ClN2OS2/c1-9-8-19-13(15-9)16-12(17)6-7-18-11-4-2-10(14)3-5-11/h2-5,8H,6-7H2,1H3,(H,15,16,17). The van der Waals surface area contributed by atoms with E-state index in [1.807, 2.05) is 36.6 Å². The molecule has 0 atom stereocenters. The van der Waals surface area contributed by atoms with E-state index < -0.39 is 0 Å². The van der Waals surface area contributed by atoms with Gasteiger partial charge in [-0.1, -0.05) is 11.6 Å². The van der Waals surface area contributed by atoms with Crippen LogP contribution in [0.1, 0.15) is 12.1 Å². The van der Waals surface area contributed by atoms with Crippen molar-refractivity contribution in [1.82, 2.24) is 4.98 Å². The first-order valence-electron chi connectivity index (χ1n) is 5.74. The number of nitrogens with one attached hydrogen (secondary N) is 1. The highest BCUT2D eigenvalue weighted by atomic mass is 35.5. The van der Waals surface area contributed by atoms with Crippen LogP contribution in [0.25, 0.3) is 0 Å². The van der Waals surface area contributed by atoms with Crippen LogP contribution in [0.2, 0.25) is 5.02 Å². The van der Waals surface area contributed by atoms with Gasteiger partial charge in [0.05, 0.1) is 5.69 Å². The summed E-state index contributed by atoms with van der Waals surface area (Å²) in [6.07, 6.45) is 0.464. The van der Waals surface area contributed by atoms with Crippen molar-refractivity contribution in [2.45, 2.75) is 18.2 Å². The largest absolute Gasteiger partial charge is 0.302 e. The lowest BCUT2D eigenvalue weighted by atomic mass is 10.4. The average molecular weight is 313 g/mol. The average Bonchev–Trinajstić information content (AvgIpc) is 2.77. The summed E-state index contributed by atoms with van der Waals surface area (Å²) in [5, 5.41) is 6.10. The Bertz CT molecular complexity index is 554. The van der Waals surface area contributed by atoms with Crippen LogP contribution in [0.5, 0.6) is 0 Å². The third-order valence-electron chi connectivity index (χ3n) is 2.28. The van der Waals surface area contributed by atoms with Gasteiger partial charge in [-0.15, -0.1) is 23.1 Å². The van der Waals surface area contributed by atoms with Gasteiger partial charge in [-0.25, -0.2) is 4.98 Å². The van der Waals surface area contributed by atoms with E-state index in [1.54, 1.807) is 11.8 Å². The molecule has 1 N–H and O–H groups in total. The van der Waals surface area contributed by atoms with Crippen LogP contribution < -0.4 is 5.32 Å². The zero-order valence-corrected chi connectivity index (χ0v) is 12.7. The van der Waals surface area contributed by atoms with Crippen LogP contribution in [0, 0.1) is 6.92 Å². The maximum absolute atomic E-state index is 11.7. The molecule has 0 aliphatic carbocycles. The van der Waals surface area contributed by atoms with E-state index in [9.17, 15) is 4.79 Å². The molecule has 1 aromatic carbocycles. The number of aryl methyl sites for hydroxylation is 1. The first kappa shape index (κ1) is 14.4. The molecule has 0 aliphatic heterocycles. The predicted molar refractivity (Wildman–Crippen MR) is 82.3 cm³/mol. The Morgan fingerprint density at radius 2 is 2.16 bits per heavy atom. The highest BCUT2D eigenvalue weighted by Crippen LogP contribution is 2.21. The number of rotatable bonds is 5. The molecule has 1 amide bonds. The van der Waals surface area contributed by atoms with Crippen molar-refractivity contribution >= 4 is 45.7 Å². The number of benzene rings is 1. The number of carbonyl (C=O) groups excluding carboxylic acids is 1. The number of hydrogen-bond acceptors (Lipinski definition) is 4. The van der Waals surface area contributed by atoms with Gasteiger partial charge < -0.3 is 5.32 Å². The lowest BCUT2D eigenvalue weighted by molar-refractivity contribution is -0.115. The molecule has 1 aromatic heterocycles. The van der Waals surface area contributed by atoms with Crippen molar-refractivity contribution in [2.24, 2.45) is 0 Å². The minimum atomic E-state index is -0.00388. The highest BCUT2D eigenvalue weighted by Gasteiger charge is 2.05. The monoisotopic (exact) mass is 312 g/mol. The molecule has 0 bridgehead atoms. The Hall–Kier alpha value is -1.04. The number of aromatic nitrogens is 1. The van der Waals surface area contributed by atoms with Gasteiger partial charge in [0.25, 0.3) is 0 Å². The van der Waals surface area contributed by atoms with E-state index in [0.29, 0.717) is 11.6 Å². The lowest BCUT2D eigenvalue weighted by Gasteiger charge is -2.02. The molecule has 0 spiro atoms. The van der Waals surface area contributed by atoms with Crippen molar-refractivity contribution in [3.05, 3.63) is 40.4 Å². The van der Waals surface area contributed by atoms with Crippen LogP contribution >= 0.6 is 34.7 Å². The van der Waals surface area contributed by atoms with Crippen molar-refractivity contribution in [1.29, 1.82) is 0 Å². The Kier molecular flexibility index (Phi) is 5.24. The number of nitrogens with zero attached hydrogens (tertiary/aromatic N) is 1. The van der Waals surface area contributed by atoms with Gasteiger partial charge in [0.1, 0.15) is 0 Å². The number of halogens is 1. The smallest absolute Gasteiger partial charge is 0.226 e. The molecule has 100 valence electrons. The zero-order chi connectivity index (χ0) is 13.7. The molecule has 0 aliphatic rings. The molecule has 0 saturated heterocycles. The van der Waals surface area contributed by atoms with E-state index >= 15 is 0 Å². The second-order valence-electron chi connectivity index (χ2n) is 3.89. The van der Waals surface area contributed by atoms with Gasteiger partial charge in [0.2, 0.25) is 5.91 Å². The van der Waals surface area contributed by atoms with Crippen molar-refractivity contribution in [3.8, 4) is 0 Å². The molecular formula is C13H13ClN2OS2. The van der Waals surface area contributed by atoms with Crippen molar-refractivity contribution < 1.29 is 4.79 Å². The fourth-order valence-corrected chi connectivity index (χ4v) is 3.07. The second-order valence-corrected chi connectivity index (χ2v) is 6.36. The molecule has 0 saturated carbocycles. The summed E-state index contributed by atoms with van der Waals surface area (Å²) in [5.74, 6) is 0.730. The lowest BCUT2D eigenvalue weighted by Crippen LogP contribution is -2.11. The quantitative estimate of drug-likeness (QED) is 0.840. The number of hydrogen-bond donors (Lipinski definition) is 1. The normalized spacial score (nSPS) is 10.4. The Morgan fingerprint density at radius 1 is 1.42 bits per heavy atom. The van der Waals surface area contributed by atoms with Gasteiger partial charge >= 0.3 is 0 Å². The van der Waals surface area contributed by atoms with Crippen LogP contribution in [0.15, 0.2) is 34.5 Å². The second kappa shape index (κ2) is 6.93. The van der Waals surface area contributed by atoms with Gasteiger partial charge in [-0.05, 0) is 31.2 Å². The van der Waals surface area contributed by atoms with Crippen LogP contribution in [0.4, 0.5) is 5.13 Å². The van der Waals surface area contributed by atoms with Gasteiger partial charge in [0.15, 0.2) is 5.13 Å². The van der Waals surface area contributed by atoms with E-state index in [4.69, 9.17) is 11.6 Å². The van der Waals surface area contributed by atoms with Crippen molar-refractivity contribution in [3.63, 3.8) is 0 Å². The zero-order valence-electron chi connectivity index (χ0n) is 10.4. The molecule has 0 unspecified atom stereocenters. The predicted octanol–water partition coefficient (Wildman–Crippen LogP) is 4.23. The molecule has 3 nitrogen and oxygen atoms in total. The molecule has 19 heavy (non-hydrogen) atoms. The number of carbonyl (C=O) groups is 1. The Balaban J connectivity index is 1.73. The number of thiazole rings is 1. The van der Waals surface area contributed by atoms with Gasteiger partial charge in [-0.2, -0.15) is 0 Å². The molecule has 6 heteroatoms. The first-order valence-corrected chi connectivity index (χ1v) is 7.98. The van der Waals surface area contributed by atoms with E-state index in [0.717, 1.165) is 21.4 Å². The van der Waals surface area contributed by atoms with E-state index in [1.165, 1.54) is 11.3 Å². The van der Waals surface area contributed by atoms with Gasteiger partial charge in [0, 0.05) is 27.5 Å². The van der Waals surface area contributed by atoms with E-state index in [-0.39, 0.29) is 5.91 Å². The topological polar surface area (TPSA) is 42.0 Å². The third kappa shape index (κ3) is 4.86. The van der Waals surface area contributed by atoms with E-state index in [2.05, 4.69) is 10.3 Å². The summed E-state index contributed by atoms with van der Waals surface area (Å²) >= 11 is 8.89. The number of thioether (sulfide) groups is 1. The Labute approximate surface area is 125 Å². The summed E-state index contributed by atoms with van der Waals surface area (Å²) in [4.78, 5) is 17.0. The van der Waals surface area contributed by atoms with Crippen LogP contribution in [-0.2, 0) is 4.79 Å². The summed E-state index contributed by atoms with van der Waals surface area (Å²) < 4.78 is 0.